The monoisotopic (exact) mass is 341 g/mol. The molecule has 1 aliphatic rings. The Hall–Kier alpha value is -0.840. The van der Waals surface area contributed by atoms with Crippen molar-refractivity contribution >= 4 is 21.8 Å². The van der Waals surface area contributed by atoms with Crippen molar-refractivity contribution in [1.29, 1.82) is 0 Å². The molecule has 0 spiro atoms. The molecule has 1 aromatic rings. The van der Waals surface area contributed by atoms with Crippen molar-refractivity contribution in [2.45, 2.75) is 46.0 Å². The largest absolute Gasteiger partial charge is 0.351 e. The van der Waals surface area contributed by atoms with Gasteiger partial charge in [-0.2, -0.15) is 5.10 Å². The Morgan fingerprint density at radius 2 is 2.00 bits per heavy atom. The molecule has 5 heteroatoms. The summed E-state index contributed by atoms with van der Waals surface area (Å²) in [6.45, 7) is 4.59. The maximum atomic E-state index is 12.4. The summed E-state index contributed by atoms with van der Waals surface area (Å²) < 4.78 is 1.77. The number of hydrogen-bond donors (Lipinski definition) is 1. The van der Waals surface area contributed by atoms with E-state index < -0.39 is 0 Å². The maximum absolute atomic E-state index is 12.4. The van der Waals surface area contributed by atoms with Gasteiger partial charge in [-0.25, -0.2) is 0 Å². The Kier molecular flexibility index (Phi) is 4.89. The number of nitrogens with zero attached hydrogens (tertiary/aromatic N) is 2. The fourth-order valence-electron chi connectivity index (χ4n) is 3.12. The molecule has 0 atom stereocenters. The predicted octanol–water partition coefficient (Wildman–Crippen LogP) is 3.11. The molecule has 0 radical (unpaired) electrons. The average molecular weight is 342 g/mol. The zero-order valence-corrected chi connectivity index (χ0v) is 14.2. The third kappa shape index (κ3) is 3.08. The lowest BCUT2D eigenvalue weighted by Crippen LogP contribution is -2.40. The molecule has 1 amide bonds. The van der Waals surface area contributed by atoms with E-state index in [1.807, 2.05) is 20.9 Å². The van der Waals surface area contributed by atoms with E-state index in [0.717, 1.165) is 28.8 Å². The van der Waals surface area contributed by atoms with E-state index in [-0.39, 0.29) is 11.3 Å². The molecule has 1 N–H and O–H groups in total. The van der Waals surface area contributed by atoms with Crippen LogP contribution in [0.25, 0.3) is 0 Å². The molecule has 0 aromatic carbocycles. The standard InChI is InChI=1S/C15H24BrN3O/c1-11-13(12(2)19(3)18-11)14(20)17-10-15(9-16)7-5-4-6-8-15/h4-10H2,1-3H3,(H,17,20). The third-order valence-electron chi connectivity index (χ3n) is 4.56. The number of aryl methyl sites for hydroxylation is 2. The lowest BCUT2D eigenvalue weighted by molar-refractivity contribution is 0.0920. The van der Waals surface area contributed by atoms with Gasteiger partial charge in [0.2, 0.25) is 0 Å². The number of aromatic nitrogens is 2. The number of carbonyl (C=O) groups is 1. The minimum atomic E-state index is 0.0130. The van der Waals surface area contributed by atoms with Crippen molar-refractivity contribution in [2.24, 2.45) is 12.5 Å². The number of carbonyl (C=O) groups excluding carboxylic acids is 1. The smallest absolute Gasteiger partial charge is 0.255 e. The van der Waals surface area contributed by atoms with Gasteiger partial charge < -0.3 is 5.32 Å². The van der Waals surface area contributed by atoms with Gasteiger partial charge in [-0.1, -0.05) is 35.2 Å². The highest BCUT2D eigenvalue weighted by molar-refractivity contribution is 9.09. The van der Waals surface area contributed by atoms with Crippen LogP contribution in [0.1, 0.15) is 53.8 Å². The van der Waals surface area contributed by atoms with E-state index >= 15 is 0 Å². The number of alkyl halides is 1. The lowest BCUT2D eigenvalue weighted by atomic mass is 9.75. The molecule has 20 heavy (non-hydrogen) atoms. The van der Waals surface area contributed by atoms with Crippen LogP contribution in [0.4, 0.5) is 0 Å². The van der Waals surface area contributed by atoms with Gasteiger partial charge in [0.1, 0.15) is 0 Å². The highest BCUT2D eigenvalue weighted by Crippen LogP contribution is 2.37. The summed E-state index contributed by atoms with van der Waals surface area (Å²) in [5.41, 5.74) is 2.70. The van der Waals surface area contributed by atoms with Gasteiger partial charge in [0.05, 0.1) is 11.3 Å². The first kappa shape index (κ1) is 15.5. The van der Waals surface area contributed by atoms with Crippen molar-refractivity contribution in [3.63, 3.8) is 0 Å². The van der Waals surface area contributed by atoms with Crippen LogP contribution in [0.5, 0.6) is 0 Å². The first-order valence-electron chi connectivity index (χ1n) is 7.33. The van der Waals surface area contributed by atoms with Crippen LogP contribution in [-0.4, -0.2) is 27.6 Å². The molecule has 112 valence electrons. The molecule has 1 fully saturated rings. The van der Waals surface area contributed by atoms with E-state index in [4.69, 9.17) is 0 Å². The average Bonchev–Trinajstić information content (AvgIpc) is 2.71. The lowest BCUT2D eigenvalue weighted by Gasteiger charge is -2.35. The van der Waals surface area contributed by atoms with E-state index in [2.05, 4.69) is 26.3 Å². The molecule has 1 saturated carbocycles. The van der Waals surface area contributed by atoms with Gasteiger partial charge in [-0.15, -0.1) is 0 Å². The van der Waals surface area contributed by atoms with Crippen molar-refractivity contribution < 1.29 is 4.79 Å². The van der Waals surface area contributed by atoms with Gasteiger partial charge in [0, 0.05) is 24.6 Å². The molecule has 4 nitrogen and oxygen atoms in total. The summed E-state index contributed by atoms with van der Waals surface area (Å²) in [7, 11) is 1.88. The van der Waals surface area contributed by atoms with Crippen LogP contribution >= 0.6 is 15.9 Å². The number of rotatable bonds is 4. The van der Waals surface area contributed by atoms with Gasteiger partial charge in [-0.05, 0) is 32.1 Å². The molecule has 1 aromatic heterocycles. The van der Waals surface area contributed by atoms with E-state index in [1.165, 1.54) is 32.1 Å². The van der Waals surface area contributed by atoms with Gasteiger partial charge in [0.15, 0.2) is 0 Å². The van der Waals surface area contributed by atoms with Crippen molar-refractivity contribution in [1.82, 2.24) is 15.1 Å². The minimum absolute atomic E-state index is 0.0130. The normalized spacial score (nSPS) is 18.0. The van der Waals surface area contributed by atoms with E-state index in [1.54, 1.807) is 4.68 Å². The molecular formula is C15H24BrN3O. The number of hydrogen-bond acceptors (Lipinski definition) is 2. The van der Waals surface area contributed by atoms with Gasteiger partial charge >= 0.3 is 0 Å². The Morgan fingerprint density at radius 3 is 2.50 bits per heavy atom. The van der Waals surface area contributed by atoms with Gasteiger partial charge in [0.25, 0.3) is 5.91 Å². The fourth-order valence-corrected chi connectivity index (χ4v) is 3.88. The number of halogens is 1. The SMILES string of the molecule is Cc1nn(C)c(C)c1C(=O)NCC1(CBr)CCCCC1. The Balaban J connectivity index is 2.04. The Bertz CT molecular complexity index is 490. The highest BCUT2D eigenvalue weighted by atomic mass is 79.9. The molecule has 0 aliphatic heterocycles. The van der Waals surface area contributed by atoms with Crippen LogP contribution in [0.15, 0.2) is 0 Å². The molecule has 1 aliphatic carbocycles. The molecule has 2 rings (SSSR count). The predicted molar refractivity (Wildman–Crippen MR) is 84.3 cm³/mol. The first-order valence-corrected chi connectivity index (χ1v) is 8.46. The second-order valence-electron chi connectivity index (χ2n) is 6.05. The molecule has 0 unspecified atom stereocenters. The number of nitrogens with one attached hydrogen (secondary N) is 1. The first-order chi connectivity index (χ1) is 9.49. The van der Waals surface area contributed by atoms with Crippen molar-refractivity contribution in [3.8, 4) is 0 Å². The summed E-state index contributed by atoms with van der Waals surface area (Å²) in [6.07, 6.45) is 6.26. The number of amides is 1. The van der Waals surface area contributed by atoms with Gasteiger partial charge in [-0.3, -0.25) is 9.48 Å². The summed E-state index contributed by atoms with van der Waals surface area (Å²) in [5, 5.41) is 8.41. The second-order valence-corrected chi connectivity index (χ2v) is 6.61. The zero-order chi connectivity index (χ0) is 14.8. The van der Waals surface area contributed by atoms with Crippen LogP contribution in [0, 0.1) is 19.3 Å². The van der Waals surface area contributed by atoms with Crippen LogP contribution in [0.3, 0.4) is 0 Å². The highest BCUT2D eigenvalue weighted by Gasteiger charge is 2.31. The summed E-state index contributed by atoms with van der Waals surface area (Å²) in [6, 6.07) is 0. The third-order valence-corrected chi connectivity index (χ3v) is 5.75. The zero-order valence-electron chi connectivity index (χ0n) is 12.6. The van der Waals surface area contributed by atoms with Crippen LogP contribution in [0.2, 0.25) is 0 Å². The van der Waals surface area contributed by atoms with E-state index in [9.17, 15) is 4.79 Å². The molecular weight excluding hydrogens is 318 g/mol. The maximum Gasteiger partial charge on any atom is 0.255 e. The summed E-state index contributed by atoms with van der Waals surface area (Å²) in [4.78, 5) is 12.4. The Labute approximate surface area is 129 Å². The molecule has 0 saturated heterocycles. The quantitative estimate of drug-likeness (QED) is 0.855. The fraction of sp³-hybridized carbons (Fsp3) is 0.733. The minimum Gasteiger partial charge on any atom is -0.351 e. The summed E-state index contributed by atoms with van der Waals surface area (Å²) >= 11 is 3.64. The van der Waals surface area contributed by atoms with Crippen molar-refractivity contribution in [2.75, 3.05) is 11.9 Å². The van der Waals surface area contributed by atoms with Crippen molar-refractivity contribution in [3.05, 3.63) is 17.0 Å². The molecule has 0 bridgehead atoms. The second kappa shape index (κ2) is 6.29. The van der Waals surface area contributed by atoms with E-state index in [0.29, 0.717) is 0 Å². The van der Waals surface area contributed by atoms with Crippen LogP contribution < -0.4 is 5.32 Å². The Morgan fingerprint density at radius 1 is 1.35 bits per heavy atom. The molecule has 1 heterocycles. The topological polar surface area (TPSA) is 46.9 Å². The van der Waals surface area contributed by atoms with Crippen LogP contribution in [-0.2, 0) is 7.05 Å². The summed E-state index contributed by atoms with van der Waals surface area (Å²) in [5.74, 6) is 0.0130.